The standard InChI is InChI=1S/C9H11N.C4H4O4/c10-9-6-5-7-3-1-2-4-8(7)9;5-3(6)1-2-4(7)8/h1-4,9H,5-6,10H2;1-2H,(H,5,6)(H,7,8)/b;2-1+. The number of carboxylic acids is 2. The SMILES string of the molecule is NC1CCc2ccccc21.O=C(O)/C=C/C(=O)O. The molecule has 0 aromatic heterocycles. The highest BCUT2D eigenvalue weighted by Crippen LogP contribution is 2.28. The number of nitrogens with two attached hydrogens (primary N) is 1. The summed E-state index contributed by atoms with van der Waals surface area (Å²) in [7, 11) is 0. The van der Waals surface area contributed by atoms with Crippen molar-refractivity contribution < 1.29 is 19.8 Å². The van der Waals surface area contributed by atoms with Crippen LogP contribution in [0.25, 0.3) is 0 Å². The Bertz CT molecular complexity index is 452. The minimum atomic E-state index is -1.26. The molecule has 5 nitrogen and oxygen atoms in total. The number of carbonyl (C=O) groups is 2. The number of aliphatic carboxylic acids is 2. The zero-order chi connectivity index (χ0) is 13.5. The summed E-state index contributed by atoms with van der Waals surface area (Å²) in [6.07, 6.45) is 3.40. The average molecular weight is 249 g/mol. The molecule has 1 aromatic rings. The smallest absolute Gasteiger partial charge is 0.328 e. The van der Waals surface area contributed by atoms with Crippen molar-refractivity contribution in [3.05, 3.63) is 47.5 Å². The van der Waals surface area contributed by atoms with E-state index in [0.29, 0.717) is 18.2 Å². The van der Waals surface area contributed by atoms with Crippen molar-refractivity contribution in [3.8, 4) is 0 Å². The van der Waals surface area contributed by atoms with Gasteiger partial charge in [-0.05, 0) is 24.0 Å². The van der Waals surface area contributed by atoms with E-state index in [1.54, 1.807) is 0 Å². The third kappa shape index (κ3) is 4.39. The summed E-state index contributed by atoms with van der Waals surface area (Å²) in [5.41, 5.74) is 8.64. The van der Waals surface area contributed by atoms with Gasteiger partial charge < -0.3 is 15.9 Å². The van der Waals surface area contributed by atoms with Crippen LogP contribution in [0.2, 0.25) is 0 Å². The molecule has 1 aromatic carbocycles. The third-order valence-electron chi connectivity index (χ3n) is 2.55. The Balaban J connectivity index is 0.000000187. The van der Waals surface area contributed by atoms with Gasteiger partial charge in [-0.3, -0.25) is 0 Å². The van der Waals surface area contributed by atoms with Crippen molar-refractivity contribution >= 4 is 11.9 Å². The molecule has 4 N–H and O–H groups in total. The van der Waals surface area contributed by atoms with Crippen LogP contribution in [0.15, 0.2) is 36.4 Å². The predicted octanol–water partition coefficient (Wildman–Crippen LogP) is 1.34. The van der Waals surface area contributed by atoms with Gasteiger partial charge in [-0.15, -0.1) is 0 Å². The molecule has 1 aliphatic rings. The maximum Gasteiger partial charge on any atom is 0.328 e. The maximum absolute atomic E-state index is 9.55. The number of fused-ring (bicyclic) bond motifs is 1. The van der Waals surface area contributed by atoms with Crippen molar-refractivity contribution in [2.75, 3.05) is 0 Å². The number of benzene rings is 1. The molecule has 18 heavy (non-hydrogen) atoms. The average Bonchev–Trinajstić information content (AvgIpc) is 2.70. The quantitative estimate of drug-likeness (QED) is 0.687. The minimum Gasteiger partial charge on any atom is -0.478 e. The highest BCUT2D eigenvalue weighted by molar-refractivity contribution is 5.89. The first kappa shape index (κ1) is 13.9. The van der Waals surface area contributed by atoms with Gasteiger partial charge in [0.05, 0.1) is 0 Å². The van der Waals surface area contributed by atoms with E-state index in [1.165, 1.54) is 11.1 Å². The zero-order valence-corrected chi connectivity index (χ0v) is 9.74. The fourth-order valence-corrected chi connectivity index (χ4v) is 1.73. The molecule has 5 heteroatoms. The Labute approximate surface area is 105 Å². The first-order chi connectivity index (χ1) is 8.50. The van der Waals surface area contributed by atoms with Crippen molar-refractivity contribution in [1.82, 2.24) is 0 Å². The van der Waals surface area contributed by atoms with E-state index < -0.39 is 11.9 Å². The highest BCUT2D eigenvalue weighted by Gasteiger charge is 2.16. The molecular weight excluding hydrogens is 234 g/mol. The number of rotatable bonds is 2. The van der Waals surface area contributed by atoms with E-state index in [2.05, 4.69) is 24.3 Å². The number of carboxylic acid groups (broad SMARTS) is 2. The summed E-state index contributed by atoms with van der Waals surface area (Å²) in [6, 6.07) is 8.74. The van der Waals surface area contributed by atoms with E-state index >= 15 is 0 Å². The van der Waals surface area contributed by atoms with Gasteiger partial charge in [0.15, 0.2) is 0 Å². The van der Waals surface area contributed by atoms with Gasteiger partial charge in [-0.25, -0.2) is 9.59 Å². The van der Waals surface area contributed by atoms with Crippen LogP contribution in [0.3, 0.4) is 0 Å². The Morgan fingerprint density at radius 2 is 1.72 bits per heavy atom. The van der Waals surface area contributed by atoms with Gasteiger partial charge in [0.2, 0.25) is 0 Å². The largest absolute Gasteiger partial charge is 0.478 e. The zero-order valence-electron chi connectivity index (χ0n) is 9.74. The van der Waals surface area contributed by atoms with Gasteiger partial charge in [0.25, 0.3) is 0 Å². The van der Waals surface area contributed by atoms with Crippen LogP contribution < -0.4 is 5.73 Å². The molecule has 0 radical (unpaired) electrons. The molecule has 0 spiro atoms. The summed E-state index contributed by atoms with van der Waals surface area (Å²) >= 11 is 0. The second kappa shape index (κ2) is 6.56. The lowest BCUT2D eigenvalue weighted by molar-refractivity contribution is -0.134. The third-order valence-corrected chi connectivity index (χ3v) is 2.55. The van der Waals surface area contributed by atoms with Gasteiger partial charge in [0.1, 0.15) is 0 Å². The van der Waals surface area contributed by atoms with Crippen molar-refractivity contribution in [3.63, 3.8) is 0 Å². The molecule has 96 valence electrons. The lowest BCUT2D eigenvalue weighted by atomic mass is 10.1. The Morgan fingerprint density at radius 3 is 2.22 bits per heavy atom. The monoisotopic (exact) mass is 249 g/mol. The normalized spacial score (nSPS) is 16.8. The molecular formula is C13H15NO4. The summed E-state index contributed by atoms with van der Waals surface area (Å²) < 4.78 is 0. The van der Waals surface area contributed by atoms with Crippen molar-refractivity contribution in [2.24, 2.45) is 5.73 Å². The van der Waals surface area contributed by atoms with E-state index in [0.717, 1.165) is 12.8 Å². The second-order valence-electron chi connectivity index (χ2n) is 3.85. The molecule has 0 saturated carbocycles. The van der Waals surface area contributed by atoms with Crippen LogP contribution in [-0.2, 0) is 16.0 Å². The van der Waals surface area contributed by atoms with Crippen LogP contribution in [0.5, 0.6) is 0 Å². The van der Waals surface area contributed by atoms with Crippen LogP contribution in [0.4, 0.5) is 0 Å². The van der Waals surface area contributed by atoms with Crippen molar-refractivity contribution in [1.29, 1.82) is 0 Å². The molecule has 2 rings (SSSR count). The molecule has 0 aliphatic heterocycles. The Hall–Kier alpha value is -2.14. The van der Waals surface area contributed by atoms with Crippen LogP contribution in [0, 0.1) is 0 Å². The van der Waals surface area contributed by atoms with E-state index in [4.69, 9.17) is 15.9 Å². The topological polar surface area (TPSA) is 101 Å². The minimum absolute atomic E-state index is 0.302. The first-order valence-corrected chi connectivity index (χ1v) is 5.48. The number of aryl methyl sites for hydroxylation is 1. The number of hydrogen-bond donors (Lipinski definition) is 3. The van der Waals surface area contributed by atoms with E-state index in [9.17, 15) is 9.59 Å². The summed E-state index contributed by atoms with van der Waals surface area (Å²) in [5, 5.41) is 15.6. The molecule has 1 aliphatic carbocycles. The van der Waals surface area contributed by atoms with E-state index in [1.807, 2.05) is 0 Å². The second-order valence-corrected chi connectivity index (χ2v) is 3.85. The van der Waals surface area contributed by atoms with Gasteiger partial charge in [-0.2, -0.15) is 0 Å². The van der Waals surface area contributed by atoms with Crippen LogP contribution in [0.1, 0.15) is 23.6 Å². The van der Waals surface area contributed by atoms with Crippen LogP contribution >= 0.6 is 0 Å². The Morgan fingerprint density at radius 1 is 1.17 bits per heavy atom. The van der Waals surface area contributed by atoms with Crippen LogP contribution in [-0.4, -0.2) is 22.2 Å². The summed E-state index contributed by atoms with van der Waals surface area (Å²) in [5.74, 6) is -2.51. The molecule has 0 saturated heterocycles. The number of hydrogen-bond acceptors (Lipinski definition) is 3. The van der Waals surface area contributed by atoms with Crippen molar-refractivity contribution in [2.45, 2.75) is 18.9 Å². The molecule has 0 heterocycles. The lowest BCUT2D eigenvalue weighted by Gasteiger charge is -2.01. The summed E-state index contributed by atoms with van der Waals surface area (Å²) in [4.78, 5) is 19.1. The molecule has 0 fully saturated rings. The fourth-order valence-electron chi connectivity index (χ4n) is 1.73. The van der Waals surface area contributed by atoms with Gasteiger partial charge in [0, 0.05) is 18.2 Å². The van der Waals surface area contributed by atoms with Gasteiger partial charge >= 0.3 is 11.9 Å². The first-order valence-electron chi connectivity index (χ1n) is 5.48. The summed E-state index contributed by atoms with van der Waals surface area (Å²) in [6.45, 7) is 0. The maximum atomic E-state index is 9.55. The molecule has 1 atom stereocenters. The fraction of sp³-hybridized carbons (Fsp3) is 0.231. The van der Waals surface area contributed by atoms with E-state index in [-0.39, 0.29) is 0 Å². The Kier molecular flexibility index (Phi) is 5.07. The molecule has 1 unspecified atom stereocenters. The predicted molar refractivity (Wildman–Crippen MR) is 66.1 cm³/mol. The van der Waals surface area contributed by atoms with Gasteiger partial charge in [-0.1, -0.05) is 24.3 Å². The highest BCUT2D eigenvalue weighted by atomic mass is 16.4. The molecule has 0 bridgehead atoms. The lowest BCUT2D eigenvalue weighted by Crippen LogP contribution is -2.04. The molecule has 0 amide bonds.